The summed E-state index contributed by atoms with van der Waals surface area (Å²) in [5.74, 6) is -0.288. The van der Waals surface area contributed by atoms with Crippen molar-refractivity contribution in [2.24, 2.45) is 5.92 Å². The van der Waals surface area contributed by atoms with Crippen LogP contribution in [0.2, 0.25) is 0 Å². The number of hydrogen-bond donors (Lipinski definition) is 3. The second-order valence-electron chi connectivity index (χ2n) is 5.63. The highest BCUT2D eigenvalue weighted by molar-refractivity contribution is 5.98. The van der Waals surface area contributed by atoms with Crippen molar-refractivity contribution >= 4 is 29.5 Å². The predicted octanol–water partition coefficient (Wildman–Crippen LogP) is 2.10. The standard InChI is InChI=1S/C18H17N3O4/c22-16(10-9-15-2-1-11-25-15)20-21-18(24)13-5-7-14(8-6-13)19-17(23)12-3-4-12/h1-2,5-12H,3-4H2,(H,19,23)(H,20,22)(H,21,24)/b10-9+. The number of furan rings is 1. The maximum Gasteiger partial charge on any atom is 0.269 e. The van der Waals surface area contributed by atoms with Crippen LogP contribution >= 0.6 is 0 Å². The van der Waals surface area contributed by atoms with E-state index >= 15 is 0 Å². The van der Waals surface area contributed by atoms with Gasteiger partial charge in [-0.3, -0.25) is 25.2 Å². The van der Waals surface area contributed by atoms with Crippen LogP contribution in [0.25, 0.3) is 6.08 Å². The molecule has 0 radical (unpaired) electrons. The first-order valence-electron chi connectivity index (χ1n) is 7.84. The average Bonchev–Trinajstić information content (AvgIpc) is 3.35. The lowest BCUT2D eigenvalue weighted by Crippen LogP contribution is -2.40. The molecule has 2 aromatic rings. The number of carbonyl (C=O) groups is 3. The monoisotopic (exact) mass is 339 g/mol. The number of benzene rings is 1. The molecule has 25 heavy (non-hydrogen) atoms. The largest absolute Gasteiger partial charge is 0.465 e. The van der Waals surface area contributed by atoms with Crippen LogP contribution in [-0.4, -0.2) is 17.7 Å². The smallest absolute Gasteiger partial charge is 0.269 e. The highest BCUT2D eigenvalue weighted by Crippen LogP contribution is 2.30. The van der Waals surface area contributed by atoms with Crippen LogP contribution in [0, 0.1) is 5.92 Å². The minimum Gasteiger partial charge on any atom is -0.465 e. The van der Waals surface area contributed by atoms with Crippen molar-refractivity contribution < 1.29 is 18.8 Å². The van der Waals surface area contributed by atoms with E-state index in [4.69, 9.17) is 4.42 Å². The van der Waals surface area contributed by atoms with Gasteiger partial charge < -0.3 is 9.73 Å². The lowest BCUT2D eigenvalue weighted by atomic mass is 10.2. The SMILES string of the molecule is O=C(/C=C/c1ccco1)NNC(=O)c1ccc(NC(=O)C2CC2)cc1. The van der Waals surface area contributed by atoms with Crippen molar-refractivity contribution in [2.75, 3.05) is 5.32 Å². The lowest BCUT2D eigenvalue weighted by Gasteiger charge is -2.07. The molecule has 0 unspecified atom stereocenters. The highest BCUT2D eigenvalue weighted by atomic mass is 16.3. The molecule has 0 saturated heterocycles. The van der Waals surface area contributed by atoms with Gasteiger partial charge in [0.15, 0.2) is 0 Å². The molecule has 3 amide bonds. The Bertz CT molecular complexity index is 790. The van der Waals surface area contributed by atoms with E-state index in [-0.39, 0.29) is 11.8 Å². The molecular formula is C18H17N3O4. The summed E-state index contributed by atoms with van der Waals surface area (Å²) < 4.78 is 5.05. The Labute approximate surface area is 144 Å². The summed E-state index contributed by atoms with van der Waals surface area (Å²) in [4.78, 5) is 35.3. The third-order valence-electron chi connectivity index (χ3n) is 3.60. The molecule has 1 aliphatic carbocycles. The molecular weight excluding hydrogens is 322 g/mol. The molecule has 0 bridgehead atoms. The number of anilines is 1. The Hall–Kier alpha value is -3.35. The molecule has 1 aliphatic rings. The topological polar surface area (TPSA) is 100 Å². The normalized spacial score (nSPS) is 13.4. The predicted molar refractivity (Wildman–Crippen MR) is 91.1 cm³/mol. The quantitative estimate of drug-likeness (QED) is 0.574. The van der Waals surface area contributed by atoms with Crippen molar-refractivity contribution in [3.05, 3.63) is 60.1 Å². The van der Waals surface area contributed by atoms with Gasteiger partial charge in [-0.25, -0.2) is 0 Å². The van der Waals surface area contributed by atoms with Gasteiger partial charge in [0.2, 0.25) is 5.91 Å². The Morgan fingerprint density at radius 2 is 1.80 bits per heavy atom. The number of hydrazine groups is 1. The van der Waals surface area contributed by atoms with E-state index in [0.29, 0.717) is 17.0 Å². The fraction of sp³-hybridized carbons (Fsp3) is 0.167. The van der Waals surface area contributed by atoms with Crippen molar-refractivity contribution in [3.8, 4) is 0 Å². The van der Waals surface area contributed by atoms with Gasteiger partial charge in [-0.15, -0.1) is 0 Å². The van der Waals surface area contributed by atoms with E-state index < -0.39 is 11.8 Å². The molecule has 7 heteroatoms. The van der Waals surface area contributed by atoms with Crippen LogP contribution in [0.5, 0.6) is 0 Å². The van der Waals surface area contributed by atoms with Crippen LogP contribution in [0.3, 0.4) is 0 Å². The maximum absolute atomic E-state index is 12.0. The van der Waals surface area contributed by atoms with Crippen molar-refractivity contribution in [3.63, 3.8) is 0 Å². The summed E-state index contributed by atoms with van der Waals surface area (Å²) in [5, 5.41) is 2.79. The van der Waals surface area contributed by atoms with Gasteiger partial charge in [-0.05, 0) is 55.3 Å². The number of hydrogen-bond acceptors (Lipinski definition) is 4. The molecule has 3 rings (SSSR count). The Kier molecular flexibility index (Phi) is 4.94. The second kappa shape index (κ2) is 7.48. The second-order valence-corrected chi connectivity index (χ2v) is 5.63. The Morgan fingerprint density at radius 1 is 1.04 bits per heavy atom. The number of rotatable bonds is 5. The zero-order valence-electron chi connectivity index (χ0n) is 13.3. The summed E-state index contributed by atoms with van der Waals surface area (Å²) in [6.45, 7) is 0. The molecule has 1 heterocycles. The summed E-state index contributed by atoms with van der Waals surface area (Å²) in [6.07, 6.45) is 6.09. The lowest BCUT2D eigenvalue weighted by molar-refractivity contribution is -0.118. The minimum atomic E-state index is -0.488. The van der Waals surface area contributed by atoms with Gasteiger partial charge in [0.05, 0.1) is 6.26 Å². The number of amides is 3. The molecule has 0 atom stereocenters. The van der Waals surface area contributed by atoms with E-state index in [2.05, 4.69) is 16.2 Å². The molecule has 1 aromatic heterocycles. The van der Waals surface area contributed by atoms with Crippen LogP contribution in [0.1, 0.15) is 29.0 Å². The fourth-order valence-electron chi connectivity index (χ4n) is 2.07. The molecule has 0 aliphatic heterocycles. The van der Waals surface area contributed by atoms with E-state index in [0.717, 1.165) is 12.8 Å². The number of carbonyl (C=O) groups excluding carboxylic acids is 3. The van der Waals surface area contributed by atoms with Crippen molar-refractivity contribution in [2.45, 2.75) is 12.8 Å². The Morgan fingerprint density at radius 3 is 2.44 bits per heavy atom. The van der Waals surface area contributed by atoms with Gasteiger partial charge in [-0.2, -0.15) is 0 Å². The van der Waals surface area contributed by atoms with Crippen LogP contribution < -0.4 is 16.2 Å². The third kappa shape index (κ3) is 4.81. The molecule has 7 nitrogen and oxygen atoms in total. The van der Waals surface area contributed by atoms with Gasteiger partial charge in [-0.1, -0.05) is 0 Å². The Balaban J connectivity index is 1.47. The van der Waals surface area contributed by atoms with E-state index in [1.165, 1.54) is 18.4 Å². The summed E-state index contributed by atoms with van der Waals surface area (Å²) >= 11 is 0. The first-order chi connectivity index (χ1) is 12.1. The van der Waals surface area contributed by atoms with Gasteiger partial charge in [0, 0.05) is 23.2 Å². The highest BCUT2D eigenvalue weighted by Gasteiger charge is 2.29. The van der Waals surface area contributed by atoms with E-state index in [9.17, 15) is 14.4 Å². The average molecular weight is 339 g/mol. The first kappa shape index (κ1) is 16.5. The molecule has 1 aromatic carbocycles. The van der Waals surface area contributed by atoms with Crippen LogP contribution in [0.15, 0.2) is 53.2 Å². The van der Waals surface area contributed by atoms with E-state index in [1.807, 2.05) is 0 Å². The zero-order chi connectivity index (χ0) is 17.6. The third-order valence-corrected chi connectivity index (χ3v) is 3.60. The summed E-state index contributed by atoms with van der Waals surface area (Å²) in [5.41, 5.74) is 5.58. The fourth-order valence-corrected chi connectivity index (χ4v) is 2.07. The van der Waals surface area contributed by atoms with Gasteiger partial charge >= 0.3 is 0 Å². The van der Waals surface area contributed by atoms with Gasteiger partial charge in [0.1, 0.15) is 5.76 Å². The van der Waals surface area contributed by atoms with Gasteiger partial charge in [0.25, 0.3) is 11.8 Å². The molecule has 1 saturated carbocycles. The molecule has 0 spiro atoms. The van der Waals surface area contributed by atoms with Crippen LogP contribution in [-0.2, 0) is 9.59 Å². The number of nitrogens with one attached hydrogen (secondary N) is 3. The molecule has 128 valence electrons. The van der Waals surface area contributed by atoms with Crippen LogP contribution in [0.4, 0.5) is 5.69 Å². The van der Waals surface area contributed by atoms with Crippen molar-refractivity contribution in [1.82, 2.24) is 10.9 Å². The minimum absolute atomic E-state index is 0.00723. The van der Waals surface area contributed by atoms with E-state index in [1.54, 1.807) is 36.4 Å². The summed E-state index contributed by atoms with van der Waals surface area (Å²) in [6, 6.07) is 9.84. The van der Waals surface area contributed by atoms with Crippen molar-refractivity contribution in [1.29, 1.82) is 0 Å². The molecule has 1 fully saturated rings. The molecule has 3 N–H and O–H groups in total. The maximum atomic E-state index is 12.0. The summed E-state index contributed by atoms with van der Waals surface area (Å²) in [7, 11) is 0. The first-order valence-corrected chi connectivity index (χ1v) is 7.84. The zero-order valence-corrected chi connectivity index (χ0v) is 13.3.